The maximum atomic E-state index is 10.9. The summed E-state index contributed by atoms with van der Waals surface area (Å²) in [4.78, 5) is 21.8. The van der Waals surface area contributed by atoms with E-state index < -0.39 is 11.9 Å². The van der Waals surface area contributed by atoms with E-state index in [2.05, 4.69) is 0 Å². The van der Waals surface area contributed by atoms with Crippen LogP contribution in [0.3, 0.4) is 0 Å². The Morgan fingerprint density at radius 3 is 1.56 bits per heavy atom. The SMILES string of the molecule is O=C(O)C1=Cc2cc3c(cc2C1)C=C(C(=O)O)C3. The van der Waals surface area contributed by atoms with Gasteiger partial charge in [-0.15, -0.1) is 0 Å². The molecule has 0 unspecified atom stereocenters. The molecule has 0 aromatic heterocycles. The van der Waals surface area contributed by atoms with Gasteiger partial charge in [-0.05, 0) is 34.4 Å². The van der Waals surface area contributed by atoms with Gasteiger partial charge in [-0.25, -0.2) is 9.59 Å². The summed E-state index contributed by atoms with van der Waals surface area (Å²) in [7, 11) is 0. The molecule has 18 heavy (non-hydrogen) atoms. The molecule has 0 fully saturated rings. The van der Waals surface area contributed by atoms with Gasteiger partial charge >= 0.3 is 11.9 Å². The summed E-state index contributed by atoms with van der Waals surface area (Å²) >= 11 is 0. The van der Waals surface area contributed by atoms with Gasteiger partial charge in [-0.2, -0.15) is 0 Å². The summed E-state index contributed by atoms with van der Waals surface area (Å²) in [6.07, 6.45) is 4.15. The van der Waals surface area contributed by atoms with Crippen molar-refractivity contribution in [2.24, 2.45) is 0 Å². The van der Waals surface area contributed by atoms with E-state index in [1.807, 2.05) is 12.1 Å². The van der Waals surface area contributed by atoms with Gasteiger partial charge in [0.05, 0.1) is 0 Å². The van der Waals surface area contributed by atoms with Crippen molar-refractivity contribution in [3.8, 4) is 0 Å². The molecular formula is C14H10O4. The minimum absolute atomic E-state index is 0.385. The molecule has 3 rings (SSSR count). The molecule has 1 aromatic carbocycles. The van der Waals surface area contributed by atoms with Gasteiger partial charge in [0.25, 0.3) is 0 Å². The zero-order valence-corrected chi connectivity index (χ0v) is 9.43. The molecule has 0 spiro atoms. The maximum absolute atomic E-state index is 10.9. The van der Waals surface area contributed by atoms with Crippen molar-refractivity contribution in [1.29, 1.82) is 0 Å². The quantitative estimate of drug-likeness (QED) is 0.828. The molecule has 0 aliphatic heterocycles. The number of fused-ring (bicyclic) bond motifs is 2. The Bertz CT molecular complexity index is 592. The number of rotatable bonds is 2. The Hall–Kier alpha value is -2.36. The highest BCUT2D eigenvalue weighted by Gasteiger charge is 2.23. The largest absolute Gasteiger partial charge is 0.478 e. The molecule has 2 aliphatic carbocycles. The van der Waals surface area contributed by atoms with Crippen molar-refractivity contribution in [1.82, 2.24) is 0 Å². The van der Waals surface area contributed by atoms with Crippen LogP contribution in [-0.4, -0.2) is 22.2 Å². The molecule has 1 aromatic rings. The van der Waals surface area contributed by atoms with Crippen LogP contribution in [0.4, 0.5) is 0 Å². The summed E-state index contributed by atoms with van der Waals surface area (Å²) in [5.41, 5.74) is 4.47. The minimum atomic E-state index is -0.895. The number of carboxylic acids is 2. The summed E-state index contributed by atoms with van der Waals surface area (Å²) < 4.78 is 0. The van der Waals surface area contributed by atoms with Gasteiger partial charge in [0.15, 0.2) is 0 Å². The van der Waals surface area contributed by atoms with Crippen LogP contribution >= 0.6 is 0 Å². The fraction of sp³-hybridized carbons (Fsp3) is 0.143. The van der Waals surface area contributed by atoms with Crippen LogP contribution in [-0.2, 0) is 22.4 Å². The molecule has 4 nitrogen and oxygen atoms in total. The van der Waals surface area contributed by atoms with Crippen molar-refractivity contribution in [3.05, 3.63) is 45.5 Å². The first-order valence-electron chi connectivity index (χ1n) is 5.58. The highest BCUT2D eigenvalue weighted by molar-refractivity contribution is 5.97. The average Bonchev–Trinajstić information content (AvgIpc) is 2.87. The van der Waals surface area contributed by atoms with Crippen molar-refractivity contribution in [2.75, 3.05) is 0 Å². The number of hydrogen-bond acceptors (Lipinski definition) is 2. The molecule has 2 N–H and O–H groups in total. The first-order valence-corrected chi connectivity index (χ1v) is 5.58. The average molecular weight is 242 g/mol. The van der Waals surface area contributed by atoms with Gasteiger partial charge in [0.1, 0.15) is 0 Å². The summed E-state index contributed by atoms with van der Waals surface area (Å²) in [5, 5.41) is 17.9. The number of benzene rings is 1. The van der Waals surface area contributed by atoms with Crippen molar-refractivity contribution in [2.45, 2.75) is 12.8 Å². The molecule has 0 saturated heterocycles. The molecule has 2 aliphatic rings. The Morgan fingerprint density at radius 2 is 1.22 bits per heavy atom. The van der Waals surface area contributed by atoms with Crippen molar-refractivity contribution in [3.63, 3.8) is 0 Å². The van der Waals surface area contributed by atoms with E-state index in [-0.39, 0.29) is 0 Å². The van der Waals surface area contributed by atoms with Crippen LogP contribution < -0.4 is 0 Å². The van der Waals surface area contributed by atoms with Crippen LogP contribution in [0.5, 0.6) is 0 Å². The lowest BCUT2D eigenvalue weighted by molar-refractivity contribution is -0.133. The number of aliphatic carboxylic acids is 2. The van der Waals surface area contributed by atoms with Crippen molar-refractivity contribution < 1.29 is 19.8 Å². The lowest BCUT2D eigenvalue weighted by atomic mass is 10.0. The molecule has 0 saturated carbocycles. The zero-order valence-electron chi connectivity index (χ0n) is 9.43. The summed E-state index contributed by atoms with van der Waals surface area (Å²) in [6.45, 7) is 0. The highest BCUT2D eigenvalue weighted by atomic mass is 16.4. The van der Waals surface area contributed by atoms with E-state index in [1.165, 1.54) is 0 Å². The first-order chi connectivity index (χ1) is 8.54. The summed E-state index contributed by atoms with van der Waals surface area (Å²) in [5.74, 6) is -1.79. The van der Waals surface area contributed by atoms with E-state index in [0.29, 0.717) is 24.0 Å². The van der Waals surface area contributed by atoms with Crippen molar-refractivity contribution >= 4 is 24.1 Å². The minimum Gasteiger partial charge on any atom is -0.478 e. The molecule has 0 heterocycles. The molecule has 0 bridgehead atoms. The zero-order chi connectivity index (χ0) is 12.9. The lowest BCUT2D eigenvalue weighted by Gasteiger charge is -2.03. The van der Waals surface area contributed by atoms with Crippen LogP contribution in [0, 0.1) is 0 Å². The predicted octanol–water partition coefficient (Wildman–Crippen LogP) is 1.73. The van der Waals surface area contributed by atoms with Gasteiger partial charge in [-0.1, -0.05) is 12.1 Å². The van der Waals surface area contributed by atoms with E-state index in [4.69, 9.17) is 10.2 Å². The second-order valence-corrected chi connectivity index (χ2v) is 4.55. The van der Waals surface area contributed by atoms with Gasteiger partial charge < -0.3 is 10.2 Å². The predicted molar refractivity (Wildman–Crippen MR) is 65.1 cm³/mol. The Labute approximate surface area is 103 Å². The van der Waals surface area contributed by atoms with E-state index in [1.54, 1.807) is 12.2 Å². The number of carbonyl (C=O) groups is 2. The standard InChI is InChI=1S/C14H10O4/c15-13(16)11-3-7-1-8-4-12(14(17)18)6-10(8)2-9(7)5-11/h1-3,6H,4-5H2,(H,15,16)(H,17,18). The third-order valence-corrected chi connectivity index (χ3v) is 3.37. The Balaban J connectivity index is 2.00. The van der Waals surface area contributed by atoms with Gasteiger partial charge in [0, 0.05) is 24.0 Å². The second kappa shape index (κ2) is 3.57. The van der Waals surface area contributed by atoms with Crippen LogP contribution in [0.2, 0.25) is 0 Å². The fourth-order valence-corrected chi connectivity index (χ4v) is 2.46. The fourth-order valence-electron chi connectivity index (χ4n) is 2.46. The van der Waals surface area contributed by atoms with Crippen LogP contribution in [0.15, 0.2) is 23.3 Å². The Morgan fingerprint density at radius 1 is 0.833 bits per heavy atom. The smallest absolute Gasteiger partial charge is 0.331 e. The number of hydrogen-bond donors (Lipinski definition) is 2. The van der Waals surface area contributed by atoms with Gasteiger partial charge in [0.2, 0.25) is 0 Å². The van der Waals surface area contributed by atoms with Crippen LogP contribution in [0.1, 0.15) is 22.3 Å². The second-order valence-electron chi connectivity index (χ2n) is 4.55. The molecule has 90 valence electrons. The topological polar surface area (TPSA) is 74.6 Å². The highest BCUT2D eigenvalue weighted by Crippen LogP contribution is 2.33. The molecule has 0 radical (unpaired) electrons. The molecule has 0 atom stereocenters. The van der Waals surface area contributed by atoms with Gasteiger partial charge in [-0.3, -0.25) is 0 Å². The van der Waals surface area contributed by atoms with E-state index in [9.17, 15) is 9.59 Å². The molecular weight excluding hydrogens is 232 g/mol. The third kappa shape index (κ3) is 1.54. The summed E-state index contributed by atoms with van der Waals surface area (Å²) in [6, 6.07) is 3.79. The monoisotopic (exact) mass is 242 g/mol. The lowest BCUT2D eigenvalue weighted by Crippen LogP contribution is -1.99. The third-order valence-electron chi connectivity index (χ3n) is 3.37. The molecule has 0 amide bonds. The normalized spacial score (nSPS) is 15.8. The maximum Gasteiger partial charge on any atom is 0.331 e. The van der Waals surface area contributed by atoms with Crippen LogP contribution in [0.25, 0.3) is 12.2 Å². The first kappa shape index (κ1) is 10.8. The molecule has 4 heteroatoms. The van der Waals surface area contributed by atoms with E-state index in [0.717, 1.165) is 22.3 Å². The van der Waals surface area contributed by atoms with E-state index >= 15 is 0 Å². The number of carboxylic acid groups (broad SMARTS) is 2. The Kier molecular flexibility index (Phi) is 2.13.